The summed E-state index contributed by atoms with van der Waals surface area (Å²) in [6.45, 7) is 13.0. The molecule has 1 amide bonds. The molecule has 2 heteroatoms. The van der Waals surface area contributed by atoms with Crippen LogP contribution < -0.4 is 0 Å². The van der Waals surface area contributed by atoms with Crippen molar-refractivity contribution in [1.29, 1.82) is 0 Å². The molecule has 0 unspecified atom stereocenters. The van der Waals surface area contributed by atoms with E-state index < -0.39 is 0 Å². The van der Waals surface area contributed by atoms with Crippen LogP contribution in [0, 0.1) is 0 Å². The molecule has 1 aliphatic heterocycles. The van der Waals surface area contributed by atoms with Gasteiger partial charge in [-0.25, -0.2) is 0 Å². The first-order valence-electron chi connectivity index (χ1n) is 5.39. The van der Waals surface area contributed by atoms with Crippen molar-refractivity contribution >= 4 is 5.91 Å². The first-order valence-corrected chi connectivity index (χ1v) is 5.39. The first kappa shape index (κ1) is 13.0. The minimum atomic E-state index is -0.0169. The highest BCUT2D eigenvalue weighted by Crippen LogP contribution is 2.35. The molecule has 88 valence electrons. The fourth-order valence-corrected chi connectivity index (χ4v) is 1.87. The van der Waals surface area contributed by atoms with Gasteiger partial charge in [0.15, 0.2) is 0 Å². The fourth-order valence-electron chi connectivity index (χ4n) is 1.87. The van der Waals surface area contributed by atoms with Gasteiger partial charge in [-0.05, 0) is 18.6 Å². The van der Waals surface area contributed by atoms with E-state index >= 15 is 0 Å². The van der Waals surface area contributed by atoms with Gasteiger partial charge in [0.05, 0.1) is 5.70 Å². The molecule has 1 heterocycles. The van der Waals surface area contributed by atoms with Gasteiger partial charge in [-0.3, -0.25) is 4.79 Å². The van der Waals surface area contributed by atoms with Crippen molar-refractivity contribution in [3.8, 4) is 0 Å². The van der Waals surface area contributed by atoms with Gasteiger partial charge in [0.2, 0.25) is 0 Å². The van der Waals surface area contributed by atoms with Crippen LogP contribution in [0.1, 0.15) is 6.92 Å². The Morgan fingerprint density at radius 3 is 2.24 bits per heavy atom. The van der Waals surface area contributed by atoms with E-state index in [9.17, 15) is 4.79 Å². The highest BCUT2D eigenvalue weighted by molar-refractivity contribution is 6.05. The van der Waals surface area contributed by atoms with Gasteiger partial charge in [0, 0.05) is 18.2 Å². The lowest BCUT2D eigenvalue weighted by Crippen LogP contribution is -2.17. The van der Waals surface area contributed by atoms with Crippen LogP contribution >= 0.6 is 0 Å². The molecular formula is C15H17NO. The van der Waals surface area contributed by atoms with E-state index in [1.54, 1.807) is 30.2 Å². The molecule has 2 nitrogen and oxygen atoms in total. The van der Waals surface area contributed by atoms with E-state index in [1.165, 1.54) is 0 Å². The number of allylic oxidation sites excluding steroid dienone is 7. The third kappa shape index (κ3) is 2.07. The normalized spacial score (nSPS) is 20.0. The molecule has 0 aromatic rings. The zero-order valence-electron chi connectivity index (χ0n) is 10.4. The Labute approximate surface area is 103 Å². The quantitative estimate of drug-likeness (QED) is 0.678. The molecule has 0 aromatic heterocycles. The van der Waals surface area contributed by atoms with Gasteiger partial charge < -0.3 is 4.90 Å². The van der Waals surface area contributed by atoms with Crippen LogP contribution in [0.3, 0.4) is 0 Å². The predicted octanol–water partition coefficient (Wildman–Crippen LogP) is 3.14. The van der Waals surface area contributed by atoms with E-state index in [-0.39, 0.29) is 5.91 Å². The van der Waals surface area contributed by atoms with Crippen molar-refractivity contribution in [2.75, 3.05) is 7.05 Å². The van der Waals surface area contributed by atoms with Crippen molar-refractivity contribution in [2.24, 2.45) is 0 Å². The number of amides is 1. The number of rotatable bonds is 3. The minimum Gasteiger partial charge on any atom is -0.311 e. The Morgan fingerprint density at radius 1 is 1.24 bits per heavy atom. The second-order valence-corrected chi connectivity index (χ2v) is 3.59. The monoisotopic (exact) mass is 227 g/mol. The molecule has 0 aromatic carbocycles. The molecule has 1 rings (SSSR count). The van der Waals surface area contributed by atoms with E-state index in [2.05, 4.69) is 19.7 Å². The summed E-state index contributed by atoms with van der Waals surface area (Å²) in [5.74, 6) is -0.0169. The number of hydrogen-bond donors (Lipinski definition) is 0. The van der Waals surface area contributed by atoms with Crippen LogP contribution in [0.4, 0.5) is 0 Å². The topological polar surface area (TPSA) is 20.3 Å². The number of hydrogen-bond acceptors (Lipinski definition) is 1. The number of likely N-dealkylation sites (tertiary alicyclic amines) is 1. The number of likely N-dealkylation sites (N-methyl/N-ethyl adjacent to an activating group) is 1. The molecule has 0 atom stereocenters. The molecule has 1 saturated heterocycles. The van der Waals surface area contributed by atoms with Crippen molar-refractivity contribution < 1.29 is 4.79 Å². The molecule has 1 fully saturated rings. The minimum absolute atomic E-state index is 0.0169. The zero-order valence-corrected chi connectivity index (χ0v) is 10.4. The summed E-state index contributed by atoms with van der Waals surface area (Å²) < 4.78 is 0. The summed E-state index contributed by atoms with van der Waals surface area (Å²) in [7, 11) is 1.75. The molecular weight excluding hydrogens is 210 g/mol. The second-order valence-electron chi connectivity index (χ2n) is 3.59. The summed E-state index contributed by atoms with van der Waals surface area (Å²) >= 11 is 0. The average molecular weight is 227 g/mol. The van der Waals surface area contributed by atoms with E-state index in [4.69, 9.17) is 0 Å². The molecule has 17 heavy (non-hydrogen) atoms. The van der Waals surface area contributed by atoms with E-state index in [1.807, 2.05) is 19.1 Å². The summed E-state index contributed by atoms with van der Waals surface area (Å²) in [5, 5.41) is 0. The summed E-state index contributed by atoms with van der Waals surface area (Å²) in [5.41, 5.74) is 3.22. The van der Waals surface area contributed by atoms with Crippen LogP contribution in [0.25, 0.3) is 0 Å². The highest BCUT2D eigenvalue weighted by Gasteiger charge is 2.32. The van der Waals surface area contributed by atoms with Crippen LogP contribution in [-0.2, 0) is 4.79 Å². The smallest absolute Gasteiger partial charge is 0.258 e. The summed E-state index contributed by atoms with van der Waals surface area (Å²) in [4.78, 5) is 13.7. The Balaban J connectivity index is 3.61. The largest absolute Gasteiger partial charge is 0.311 e. The van der Waals surface area contributed by atoms with Gasteiger partial charge >= 0.3 is 0 Å². The number of carbonyl (C=O) groups is 1. The number of nitrogens with zero attached hydrogens (tertiary/aromatic N) is 1. The van der Waals surface area contributed by atoms with Crippen molar-refractivity contribution in [2.45, 2.75) is 6.92 Å². The highest BCUT2D eigenvalue weighted by atomic mass is 16.2. The van der Waals surface area contributed by atoms with Crippen LogP contribution in [0.15, 0.2) is 72.5 Å². The van der Waals surface area contributed by atoms with E-state index in [0.717, 1.165) is 16.8 Å². The maximum Gasteiger partial charge on any atom is 0.258 e. The molecule has 0 spiro atoms. The standard InChI is InChI=1S/C15H17NO/c1-6-10-13-14(11(7-2)8-3)12(9-4)15(17)16(13)5/h6-10H,1-3H2,4-5H3/b12-9+,13-10+. The predicted molar refractivity (Wildman–Crippen MR) is 72.2 cm³/mol. The van der Waals surface area contributed by atoms with Crippen LogP contribution in [0.2, 0.25) is 0 Å². The fraction of sp³-hybridized carbons (Fsp3) is 0.133. The molecule has 0 saturated carbocycles. The summed E-state index contributed by atoms with van der Waals surface area (Å²) in [6, 6.07) is 0. The Bertz CT molecular complexity index is 465. The zero-order chi connectivity index (χ0) is 13.0. The van der Waals surface area contributed by atoms with Gasteiger partial charge in [-0.1, -0.05) is 44.0 Å². The van der Waals surface area contributed by atoms with Crippen molar-refractivity contribution in [1.82, 2.24) is 4.90 Å². The van der Waals surface area contributed by atoms with Gasteiger partial charge in [0.25, 0.3) is 5.91 Å². The van der Waals surface area contributed by atoms with Gasteiger partial charge in [-0.15, -0.1) is 0 Å². The lowest BCUT2D eigenvalue weighted by Gasteiger charge is -2.10. The Hall–Kier alpha value is -2.09. The molecule has 0 aliphatic carbocycles. The SMILES string of the molecule is C=C/C=C1\C(=C(C=C)C=C)/C(=C\C)C(=O)N1C. The van der Waals surface area contributed by atoms with Crippen molar-refractivity contribution in [3.63, 3.8) is 0 Å². The molecule has 0 N–H and O–H groups in total. The van der Waals surface area contributed by atoms with Crippen molar-refractivity contribution in [3.05, 3.63) is 72.5 Å². The van der Waals surface area contributed by atoms with E-state index in [0.29, 0.717) is 5.57 Å². The van der Waals surface area contributed by atoms with Crippen LogP contribution in [-0.4, -0.2) is 17.9 Å². The first-order chi connectivity index (χ1) is 8.12. The summed E-state index contributed by atoms with van der Waals surface area (Å²) in [6.07, 6.45) is 8.70. The Kier molecular flexibility index (Phi) is 4.05. The maximum atomic E-state index is 12.0. The molecule has 0 bridgehead atoms. The third-order valence-corrected chi connectivity index (χ3v) is 2.71. The Morgan fingerprint density at radius 2 is 1.82 bits per heavy atom. The number of carbonyl (C=O) groups excluding carboxylic acids is 1. The average Bonchev–Trinajstić information content (AvgIpc) is 2.56. The molecule has 1 aliphatic rings. The lowest BCUT2D eigenvalue weighted by molar-refractivity contribution is -0.122. The van der Waals surface area contributed by atoms with Gasteiger partial charge in [0.1, 0.15) is 0 Å². The van der Waals surface area contributed by atoms with Gasteiger partial charge in [-0.2, -0.15) is 0 Å². The molecule has 0 radical (unpaired) electrons. The maximum absolute atomic E-state index is 12.0. The van der Waals surface area contributed by atoms with Crippen LogP contribution in [0.5, 0.6) is 0 Å². The third-order valence-electron chi connectivity index (χ3n) is 2.71. The second kappa shape index (κ2) is 5.30. The lowest BCUT2D eigenvalue weighted by atomic mass is 9.99.